The summed E-state index contributed by atoms with van der Waals surface area (Å²) in [5.74, 6) is 0.999. The quantitative estimate of drug-likeness (QED) is 0.640. The van der Waals surface area contributed by atoms with Gasteiger partial charge < -0.3 is 9.80 Å². The molecule has 6 nitrogen and oxygen atoms in total. The molecule has 2 fully saturated rings. The molecule has 1 aliphatic carbocycles. The van der Waals surface area contributed by atoms with Crippen molar-refractivity contribution in [3.8, 4) is 0 Å². The fraction of sp³-hybridized carbons (Fsp3) is 0.857. The van der Waals surface area contributed by atoms with E-state index in [9.17, 15) is 9.59 Å². The van der Waals surface area contributed by atoms with Gasteiger partial charge in [-0.2, -0.15) is 0 Å². The fourth-order valence-corrected chi connectivity index (χ4v) is 5.61. The maximum atomic E-state index is 13.2. The van der Waals surface area contributed by atoms with Crippen LogP contribution in [0.3, 0.4) is 0 Å². The van der Waals surface area contributed by atoms with E-state index in [0.29, 0.717) is 18.1 Å². The van der Waals surface area contributed by atoms with E-state index in [1.165, 1.54) is 24.6 Å². The molecule has 29 heavy (non-hydrogen) atoms. The molecule has 1 unspecified atom stereocenters. The van der Waals surface area contributed by atoms with Crippen LogP contribution in [0.4, 0.5) is 4.79 Å². The number of unbranched alkanes of at least 4 members (excludes halogenated alkanes) is 1. The van der Waals surface area contributed by atoms with E-state index in [0.717, 1.165) is 57.5 Å². The number of hydrogen-bond donors (Lipinski definition) is 1. The summed E-state index contributed by atoms with van der Waals surface area (Å²) in [4.78, 5) is 34.0. The van der Waals surface area contributed by atoms with Gasteiger partial charge in [-0.25, -0.2) is 4.79 Å². The Kier molecular flexibility index (Phi) is 8.54. The van der Waals surface area contributed by atoms with Gasteiger partial charge in [-0.1, -0.05) is 32.0 Å². The molecule has 0 aromatic rings. The maximum Gasteiger partial charge on any atom is 0.323 e. The fourth-order valence-electron chi connectivity index (χ4n) is 4.61. The first-order valence-corrected chi connectivity index (χ1v) is 12.5. The molecule has 1 saturated heterocycles. The number of carbonyl (C=O) groups excluding carboxylic acids is 2. The van der Waals surface area contributed by atoms with Crippen molar-refractivity contribution < 1.29 is 9.59 Å². The number of nitrogens with zero attached hydrogens (tertiary/aromatic N) is 3. The second kappa shape index (κ2) is 10.9. The maximum absolute atomic E-state index is 13.2. The van der Waals surface area contributed by atoms with E-state index < -0.39 is 0 Å². The van der Waals surface area contributed by atoms with Crippen LogP contribution >= 0.6 is 23.4 Å². The van der Waals surface area contributed by atoms with Crippen LogP contribution in [0.5, 0.6) is 0 Å². The number of carbonyl (C=O) groups is 2. The van der Waals surface area contributed by atoms with Crippen LogP contribution in [0.15, 0.2) is 4.99 Å². The second-order valence-electron chi connectivity index (χ2n) is 8.64. The molecule has 3 aliphatic rings. The minimum Gasteiger partial charge on any atom is -0.343 e. The summed E-state index contributed by atoms with van der Waals surface area (Å²) in [7, 11) is 0. The number of likely N-dealkylation sites (tertiary alicyclic amines) is 1. The first-order valence-electron chi connectivity index (χ1n) is 11.2. The van der Waals surface area contributed by atoms with Gasteiger partial charge in [-0.3, -0.25) is 15.1 Å². The first-order chi connectivity index (χ1) is 14.0. The van der Waals surface area contributed by atoms with Gasteiger partial charge in [-0.15, -0.1) is 11.6 Å². The third-order valence-electron chi connectivity index (χ3n) is 6.40. The molecule has 2 aliphatic heterocycles. The molecule has 0 radical (unpaired) electrons. The Morgan fingerprint density at radius 2 is 1.83 bits per heavy atom. The van der Waals surface area contributed by atoms with Gasteiger partial charge in [0.2, 0.25) is 5.91 Å². The summed E-state index contributed by atoms with van der Waals surface area (Å²) in [5.41, 5.74) is 0. The highest BCUT2D eigenvalue weighted by Gasteiger charge is 2.36. The zero-order chi connectivity index (χ0) is 20.8. The number of nitrogens with one attached hydrogen (secondary N) is 1. The highest BCUT2D eigenvalue weighted by atomic mass is 35.5. The highest BCUT2D eigenvalue weighted by molar-refractivity contribution is 8.15. The Labute approximate surface area is 184 Å². The SMILES string of the molecule is CCCCC(=O)N1CCC(N(C(=O)NC2=NCC(Cl)S2)C2CCC(C)CC2)CC1. The molecule has 1 atom stereocenters. The molecule has 0 spiro atoms. The minimum atomic E-state index is -0.0911. The number of hydrogen-bond acceptors (Lipinski definition) is 4. The van der Waals surface area contributed by atoms with Crippen molar-refractivity contribution in [2.24, 2.45) is 10.9 Å². The third kappa shape index (κ3) is 6.27. The Balaban J connectivity index is 1.62. The van der Waals surface area contributed by atoms with Crippen LogP contribution in [0.2, 0.25) is 0 Å². The average molecular weight is 443 g/mol. The van der Waals surface area contributed by atoms with Crippen molar-refractivity contribution in [2.75, 3.05) is 19.6 Å². The molecule has 164 valence electrons. The van der Waals surface area contributed by atoms with Crippen molar-refractivity contribution in [1.29, 1.82) is 0 Å². The van der Waals surface area contributed by atoms with Gasteiger partial charge in [0, 0.05) is 31.6 Å². The second-order valence-corrected chi connectivity index (χ2v) is 10.6. The summed E-state index contributed by atoms with van der Waals surface area (Å²) in [6.45, 7) is 6.45. The largest absolute Gasteiger partial charge is 0.343 e. The number of amides is 3. The predicted octanol–water partition coefficient (Wildman–Crippen LogP) is 4.43. The third-order valence-corrected chi connectivity index (χ3v) is 7.66. The van der Waals surface area contributed by atoms with Crippen molar-refractivity contribution in [1.82, 2.24) is 15.1 Å². The van der Waals surface area contributed by atoms with Gasteiger partial charge in [0.25, 0.3) is 0 Å². The summed E-state index contributed by atoms with van der Waals surface area (Å²) in [6, 6.07) is 0.414. The van der Waals surface area contributed by atoms with Gasteiger partial charge in [0.05, 0.1) is 6.54 Å². The Morgan fingerprint density at radius 3 is 2.41 bits per heavy atom. The van der Waals surface area contributed by atoms with Gasteiger partial charge >= 0.3 is 6.03 Å². The first kappa shape index (κ1) is 22.7. The Bertz CT molecular complexity index is 601. The molecule has 8 heteroatoms. The number of thioether (sulfide) groups is 1. The molecular weight excluding hydrogens is 408 g/mol. The van der Waals surface area contributed by atoms with Crippen molar-refractivity contribution in [3.63, 3.8) is 0 Å². The van der Waals surface area contributed by atoms with E-state index in [2.05, 4.69) is 29.1 Å². The number of piperidine rings is 1. The van der Waals surface area contributed by atoms with Gasteiger partial charge in [0.1, 0.15) is 4.71 Å². The molecular formula is C21H35ClN4O2S. The molecule has 1 saturated carbocycles. The topological polar surface area (TPSA) is 65.0 Å². The predicted molar refractivity (Wildman–Crippen MR) is 120 cm³/mol. The molecule has 0 aromatic carbocycles. The van der Waals surface area contributed by atoms with Crippen molar-refractivity contribution in [2.45, 2.75) is 88.4 Å². The molecule has 2 heterocycles. The van der Waals surface area contributed by atoms with Crippen LogP contribution in [0.1, 0.15) is 71.6 Å². The zero-order valence-electron chi connectivity index (χ0n) is 17.7. The van der Waals surface area contributed by atoms with Crippen LogP contribution in [-0.2, 0) is 4.79 Å². The van der Waals surface area contributed by atoms with E-state index in [-0.39, 0.29) is 28.7 Å². The lowest BCUT2D eigenvalue weighted by molar-refractivity contribution is -0.132. The molecule has 1 N–H and O–H groups in total. The summed E-state index contributed by atoms with van der Waals surface area (Å²) < 4.78 is -0.0911. The van der Waals surface area contributed by atoms with E-state index >= 15 is 0 Å². The van der Waals surface area contributed by atoms with Crippen molar-refractivity contribution in [3.05, 3.63) is 0 Å². The lowest BCUT2D eigenvalue weighted by atomic mass is 9.85. The van der Waals surface area contributed by atoms with Gasteiger partial charge in [-0.05, 0) is 50.9 Å². The number of aliphatic imine (C=N–C) groups is 1. The standard InChI is InChI=1S/C21H35ClN4O2S/c1-3-4-5-19(27)25-12-10-17(11-13-25)26(16-8-6-15(2)7-9-16)21(28)24-20-23-14-18(22)29-20/h15-18H,3-14H2,1-2H3,(H,23,24,28). The van der Waals surface area contributed by atoms with Crippen LogP contribution in [-0.4, -0.2) is 63.3 Å². The Morgan fingerprint density at radius 1 is 1.17 bits per heavy atom. The van der Waals surface area contributed by atoms with E-state index in [4.69, 9.17) is 11.6 Å². The molecule has 0 aromatic heterocycles. The van der Waals surface area contributed by atoms with Crippen LogP contribution in [0.25, 0.3) is 0 Å². The monoisotopic (exact) mass is 442 g/mol. The van der Waals surface area contributed by atoms with E-state index in [1.807, 2.05) is 4.90 Å². The Hall–Kier alpha value is -0.950. The minimum absolute atomic E-state index is 0.0441. The molecule has 0 bridgehead atoms. The zero-order valence-corrected chi connectivity index (χ0v) is 19.3. The van der Waals surface area contributed by atoms with Crippen molar-refractivity contribution >= 4 is 40.5 Å². The number of amidine groups is 1. The smallest absolute Gasteiger partial charge is 0.323 e. The number of halogens is 1. The summed E-state index contributed by atoms with van der Waals surface area (Å²) in [5, 5.41) is 3.65. The van der Waals surface area contributed by atoms with E-state index in [1.54, 1.807) is 0 Å². The van der Waals surface area contributed by atoms with Gasteiger partial charge in [0.15, 0.2) is 5.17 Å². The normalized spacial score (nSPS) is 28.2. The summed E-state index contributed by atoms with van der Waals surface area (Å²) in [6.07, 6.45) is 8.80. The average Bonchev–Trinajstić information content (AvgIpc) is 3.13. The highest BCUT2D eigenvalue weighted by Crippen LogP contribution is 2.31. The summed E-state index contributed by atoms with van der Waals surface area (Å²) >= 11 is 7.53. The molecule has 3 rings (SSSR count). The lowest BCUT2D eigenvalue weighted by Crippen LogP contribution is -2.56. The molecule has 3 amide bonds. The number of rotatable bonds is 5. The van der Waals surface area contributed by atoms with Crippen LogP contribution in [0, 0.1) is 5.92 Å². The number of alkyl halides is 1. The number of urea groups is 1. The lowest BCUT2D eigenvalue weighted by Gasteiger charge is -2.44. The van der Waals surface area contributed by atoms with Crippen LogP contribution < -0.4 is 5.32 Å².